The molecule has 144 valence electrons. The molecule has 0 saturated heterocycles. The molecule has 0 radical (unpaired) electrons. The van der Waals surface area contributed by atoms with Gasteiger partial charge in [0.25, 0.3) is 5.91 Å². The van der Waals surface area contributed by atoms with Gasteiger partial charge < -0.3 is 14.3 Å². The van der Waals surface area contributed by atoms with Crippen molar-refractivity contribution in [3.05, 3.63) is 51.9 Å². The van der Waals surface area contributed by atoms with Crippen molar-refractivity contribution >= 4 is 34.2 Å². The maximum Gasteiger partial charge on any atom is 0.259 e. The van der Waals surface area contributed by atoms with Crippen molar-refractivity contribution in [2.45, 2.75) is 27.7 Å². The second-order valence-corrected chi connectivity index (χ2v) is 7.85. The van der Waals surface area contributed by atoms with Crippen LogP contribution in [0.1, 0.15) is 32.4 Å². The van der Waals surface area contributed by atoms with Crippen molar-refractivity contribution in [1.82, 2.24) is 19.5 Å². The molecule has 2 N–H and O–H groups in total. The summed E-state index contributed by atoms with van der Waals surface area (Å²) >= 11 is 1.62. The van der Waals surface area contributed by atoms with E-state index in [4.69, 9.17) is 4.74 Å². The van der Waals surface area contributed by atoms with Gasteiger partial charge in [0.1, 0.15) is 10.8 Å². The largest absolute Gasteiger partial charge is 0.497 e. The lowest BCUT2D eigenvalue weighted by Gasteiger charge is -2.08. The van der Waals surface area contributed by atoms with Crippen LogP contribution in [0.2, 0.25) is 0 Å². The molecular weight excluding hydrogens is 374 g/mol. The van der Waals surface area contributed by atoms with Gasteiger partial charge in [-0.25, -0.2) is 9.97 Å². The number of ether oxygens (including phenoxy) is 1. The maximum absolute atomic E-state index is 12.9. The monoisotopic (exact) mass is 395 g/mol. The number of nitrogens with one attached hydrogen (secondary N) is 2. The van der Waals surface area contributed by atoms with Crippen molar-refractivity contribution < 1.29 is 9.53 Å². The molecule has 1 aromatic carbocycles. The highest BCUT2D eigenvalue weighted by molar-refractivity contribution is 7.14. The van der Waals surface area contributed by atoms with E-state index < -0.39 is 0 Å². The highest BCUT2D eigenvalue weighted by Crippen LogP contribution is 2.28. The normalized spacial score (nSPS) is 11.2. The number of hydrogen-bond donors (Lipinski definition) is 2. The van der Waals surface area contributed by atoms with Gasteiger partial charge in [0, 0.05) is 17.5 Å². The minimum Gasteiger partial charge on any atom is -0.497 e. The van der Waals surface area contributed by atoms with Gasteiger partial charge in [-0.1, -0.05) is 0 Å². The highest BCUT2D eigenvalue weighted by atomic mass is 32.1. The van der Waals surface area contributed by atoms with Crippen LogP contribution >= 0.6 is 11.3 Å². The van der Waals surface area contributed by atoms with Gasteiger partial charge in [0.2, 0.25) is 5.95 Å². The fraction of sp³-hybridized carbons (Fsp3) is 0.250. The van der Waals surface area contributed by atoms with Crippen molar-refractivity contribution in [1.29, 1.82) is 0 Å². The summed E-state index contributed by atoms with van der Waals surface area (Å²) in [6.45, 7) is 7.91. The molecule has 4 aromatic rings. The zero-order valence-electron chi connectivity index (χ0n) is 16.4. The third-order valence-electron chi connectivity index (χ3n) is 4.68. The first kappa shape index (κ1) is 18.2. The number of anilines is 1. The molecule has 0 bridgehead atoms. The number of benzene rings is 1. The fourth-order valence-electron chi connectivity index (χ4n) is 3.38. The Morgan fingerprint density at radius 2 is 1.96 bits per heavy atom. The molecule has 0 saturated carbocycles. The Balaban J connectivity index is 1.66. The number of aromatic amines is 1. The van der Waals surface area contributed by atoms with E-state index in [1.807, 2.05) is 52.0 Å². The first-order chi connectivity index (χ1) is 13.4. The lowest BCUT2D eigenvalue weighted by Crippen LogP contribution is -2.14. The second kappa shape index (κ2) is 6.79. The van der Waals surface area contributed by atoms with Crippen LogP contribution in [0.5, 0.6) is 5.75 Å². The van der Waals surface area contributed by atoms with Crippen LogP contribution in [0.25, 0.3) is 16.0 Å². The average molecular weight is 395 g/mol. The number of H-pyrrole nitrogens is 1. The summed E-state index contributed by atoms with van der Waals surface area (Å²) in [5.74, 6) is 0.930. The molecule has 1 amide bonds. The predicted octanol–water partition coefficient (Wildman–Crippen LogP) is 4.30. The molecule has 0 unspecified atom stereocenters. The Morgan fingerprint density at radius 1 is 1.18 bits per heavy atom. The standard InChI is InChI=1S/C20H21N5O2S/c1-10-8-15(12(3)25(10)19-11(2)21-13(4)28-19)18(26)24-20-22-16-7-6-14(27-5)9-17(16)23-20/h6-9H,1-5H3,(H2,22,23,24,26). The minimum absolute atomic E-state index is 0.204. The van der Waals surface area contributed by atoms with Gasteiger partial charge in [-0.2, -0.15) is 0 Å². The van der Waals surface area contributed by atoms with Crippen LogP contribution in [0.4, 0.5) is 5.95 Å². The van der Waals surface area contributed by atoms with E-state index in [1.54, 1.807) is 18.4 Å². The predicted molar refractivity (Wildman–Crippen MR) is 111 cm³/mol. The fourth-order valence-corrected chi connectivity index (χ4v) is 4.41. The van der Waals surface area contributed by atoms with Crippen LogP contribution in [0, 0.1) is 27.7 Å². The molecule has 0 aliphatic rings. The lowest BCUT2D eigenvalue weighted by molar-refractivity contribution is 0.102. The number of amides is 1. The van der Waals surface area contributed by atoms with E-state index in [0.717, 1.165) is 43.9 Å². The number of aromatic nitrogens is 4. The Hall–Kier alpha value is -3.13. The number of hydrogen-bond acceptors (Lipinski definition) is 5. The molecule has 3 aromatic heterocycles. The molecule has 7 nitrogen and oxygen atoms in total. The number of fused-ring (bicyclic) bond motifs is 1. The Kier molecular flexibility index (Phi) is 4.43. The number of aryl methyl sites for hydroxylation is 3. The Bertz CT molecular complexity index is 1200. The first-order valence-electron chi connectivity index (χ1n) is 8.86. The van der Waals surface area contributed by atoms with Crippen LogP contribution < -0.4 is 10.1 Å². The van der Waals surface area contributed by atoms with Crippen LogP contribution in [0.3, 0.4) is 0 Å². The number of thiazole rings is 1. The van der Waals surface area contributed by atoms with Gasteiger partial charge in [-0.3, -0.25) is 10.1 Å². The van der Waals surface area contributed by atoms with Crippen LogP contribution in [0.15, 0.2) is 24.3 Å². The molecule has 0 aliphatic heterocycles. The molecule has 28 heavy (non-hydrogen) atoms. The number of carbonyl (C=O) groups is 1. The van der Waals surface area contributed by atoms with E-state index in [-0.39, 0.29) is 5.91 Å². The number of nitrogens with zero attached hydrogens (tertiary/aromatic N) is 3. The summed E-state index contributed by atoms with van der Waals surface area (Å²) in [5, 5.41) is 4.91. The molecule has 4 rings (SSSR count). The van der Waals surface area contributed by atoms with Gasteiger partial charge in [0.05, 0.1) is 34.4 Å². The highest BCUT2D eigenvalue weighted by Gasteiger charge is 2.20. The number of methoxy groups -OCH3 is 1. The summed E-state index contributed by atoms with van der Waals surface area (Å²) in [6.07, 6.45) is 0. The topological polar surface area (TPSA) is 84.8 Å². The molecular formula is C20H21N5O2S. The Labute approximate surface area is 166 Å². The van der Waals surface area contributed by atoms with Crippen molar-refractivity contribution in [2.75, 3.05) is 12.4 Å². The smallest absolute Gasteiger partial charge is 0.259 e. The zero-order chi connectivity index (χ0) is 20.0. The van der Waals surface area contributed by atoms with Crippen molar-refractivity contribution in [3.63, 3.8) is 0 Å². The third kappa shape index (κ3) is 3.05. The quantitative estimate of drug-likeness (QED) is 0.539. The third-order valence-corrected chi connectivity index (χ3v) is 5.74. The molecule has 0 aliphatic carbocycles. The SMILES string of the molecule is COc1ccc2nc(NC(=O)c3cc(C)n(-c4sc(C)nc4C)c3C)[nH]c2c1. The number of rotatable bonds is 4. The van der Waals surface area contributed by atoms with Gasteiger partial charge in [-0.05, 0) is 45.9 Å². The Morgan fingerprint density at radius 3 is 2.64 bits per heavy atom. The maximum atomic E-state index is 12.9. The summed E-state index contributed by atoms with van der Waals surface area (Å²) in [7, 11) is 1.61. The first-order valence-corrected chi connectivity index (χ1v) is 9.67. The summed E-state index contributed by atoms with van der Waals surface area (Å²) in [6, 6.07) is 7.42. The summed E-state index contributed by atoms with van der Waals surface area (Å²) < 4.78 is 7.31. The van der Waals surface area contributed by atoms with Crippen molar-refractivity contribution in [2.24, 2.45) is 0 Å². The van der Waals surface area contributed by atoms with E-state index in [2.05, 4.69) is 24.8 Å². The minimum atomic E-state index is -0.204. The van der Waals surface area contributed by atoms with Crippen LogP contribution in [-0.2, 0) is 0 Å². The van der Waals surface area contributed by atoms with E-state index in [0.29, 0.717) is 11.5 Å². The van der Waals surface area contributed by atoms with Crippen LogP contribution in [-0.4, -0.2) is 32.5 Å². The van der Waals surface area contributed by atoms with E-state index in [1.165, 1.54) is 0 Å². The van der Waals surface area contributed by atoms with Gasteiger partial charge >= 0.3 is 0 Å². The average Bonchev–Trinajstić information content (AvgIpc) is 3.28. The summed E-state index contributed by atoms with van der Waals surface area (Å²) in [4.78, 5) is 25.0. The number of carbonyl (C=O) groups excluding carboxylic acids is 1. The second-order valence-electron chi connectivity index (χ2n) is 6.67. The van der Waals surface area contributed by atoms with E-state index in [9.17, 15) is 4.79 Å². The molecule has 0 fully saturated rings. The molecule has 3 heterocycles. The lowest BCUT2D eigenvalue weighted by atomic mass is 10.2. The van der Waals surface area contributed by atoms with Gasteiger partial charge in [0.15, 0.2) is 0 Å². The zero-order valence-corrected chi connectivity index (χ0v) is 17.2. The van der Waals surface area contributed by atoms with E-state index >= 15 is 0 Å². The molecule has 0 atom stereocenters. The molecule has 0 spiro atoms. The van der Waals surface area contributed by atoms with Crippen molar-refractivity contribution in [3.8, 4) is 10.8 Å². The van der Waals surface area contributed by atoms with Gasteiger partial charge in [-0.15, -0.1) is 11.3 Å². The number of imidazole rings is 1. The summed E-state index contributed by atoms with van der Waals surface area (Å²) in [5.41, 5.74) is 5.00. The molecule has 8 heteroatoms.